The molecule has 4 aliphatic rings. The van der Waals surface area contributed by atoms with Crippen LogP contribution < -0.4 is 20.7 Å². The SMILES string of the molecule is CC1CNCC(C(=O)NC23CC(NC(=O)COc4ccc(Cl)c(Cl)c4)(C2)C3)C1. The number of carbonyl (C=O) groups is 2. The Morgan fingerprint density at radius 3 is 2.54 bits per heavy atom. The minimum Gasteiger partial charge on any atom is -0.484 e. The van der Waals surface area contributed by atoms with Crippen LogP contribution in [0.5, 0.6) is 5.75 Å². The molecule has 0 spiro atoms. The maximum absolute atomic E-state index is 12.5. The third-order valence-corrected chi connectivity index (χ3v) is 6.76. The number of hydrogen-bond donors (Lipinski definition) is 3. The summed E-state index contributed by atoms with van der Waals surface area (Å²) in [6, 6.07) is 4.89. The molecule has 3 saturated carbocycles. The Balaban J connectivity index is 1.20. The number of hydrogen-bond acceptors (Lipinski definition) is 4. The topological polar surface area (TPSA) is 79.5 Å². The average molecular weight is 426 g/mol. The van der Waals surface area contributed by atoms with Crippen LogP contribution in [0, 0.1) is 11.8 Å². The highest BCUT2D eigenvalue weighted by atomic mass is 35.5. The van der Waals surface area contributed by atoms with E-state index in [1.54, 1.807) is 18.2 Å². The van der Waals surface area contributed by atoms with Crippen molar-refractivity contribution in [2.45, 2.75) is 43.7 Å². The fraction of sp³-hybridized carbons (Fsp3) is 0.600. The Morgan fingerprint density at radius 2 is 1.86 bits per heavy atom. The Morgan fingerprint density at radius 1 is 1.14 bits per heavy atom. The smallest absolute Gasteiger partial charge is 0.258 e. The lowest BCUT2D eigenvalue weighted by atomic mass is 9.44. The first kappa shape index (κ1) is 19.8. The molecule has 1 aromatic rings. The van der Waals surface area contributed by atoms with Crippen LogP contribution in [0.3, 0.4) is 0 Å². The standard InChI is InChI=1S/C20H25Cl2N3O3/c1-12-4-13(7-23-6-12)18(27)25-20-9-19(10-20,11-20)24-17(26)8-28-14-2-3-15(21)16(22)5-14/h2-3,5,12-13,23H,4,6-11H2,1H3,(H,24,26)(H,25,27). The van der Waals surface area contributed by atoms with Crippen LogP contribution in [-0.2, 0) is 9.59 Å². The van der Waals surface area contributed by atoms with Crippen molar-refractivity contribution in [2.24, 2.45) is 11.8 Å². The molecule has 6 nitrogen and oxygen atoms in total. The fourth-order valence-electron chi connectivity index (χ4n) is 4.82. The van der Waals surface area contributed by atoms with Crippen molar-refractivity contribution in [3.05, 3.63) is 28.2 Å². The van der Waals surface area contributed by atoms with Crippen LogP contribution >= 0.6 is 23.2 Å². The van der Waals surface area contributed by atoms with E-state index in [0.717, 1.165) is 38.8 Å². The molecule has 28 heavy (non-hydrogen) atoms. The van der Waals surface area contributed by atoms with Gasteiger partial charge in [-0.1, -0.05) is 30.1 Å². The Kier molecular flexibility index (Phi) is 5.23. The van der Waals surface area contributed by atoms with Crippen LogP contribution in [-0.4, -0.2) is 42.6 Å². The second-order valence-corrected chi connectivity index (χ2v) is 9.50. The van der Waals surface area contributed by atoms with Crippen LogP contribution in [0.25, 0.3) is 0 Å². The average Bonchev–Trinajstić information content (AvgIpc) is 2.59. The van der Waals surface area contributed by atoms with Gasteiger partial charge in [-0.2, -0.15) is 0 Å². The van der Waals surface area contributed by atoms with Crippen molar-refractivity contribution >= 4 is 35.0 Å². The number of amides is 2. The zero-order valence-electron chi connectivity index (χ0n) is 15.8. The zero-order chi connectivity index (χ0) is 19.9. The highest BCUT2D eigenvalue weighted by molar-refractivity contribution is 6.42. The second-order valence-electron chi connectivity index (χ2n) is 8.69. The number of ether oxygens (including phenoxy) is 1. The first-order valence-corrected chi connectivity index (χ1v) is 10.5. The Bertz CT molecular complexity index is 781. The molecule has 8 heteroatoms. The number of benzene rings is 1. The van der Waals surface area contributed by atoms with Gasteiger partial charge in [0.15, 0.2) is 6.61 Å². The lowest BCUT2D eigenvalue weighted by molar-refractivity contribution is -0.152. The van der Waals surface area contributed by atoms with Gasteiger partial charge in [-0.25, -0.2) is 0 Å². The lowest BCUT2D eigenvalue weighted by Crippen LogP contribution is -2.84. The highest BCUT2D eigenvalue weighted by Gasteiger charge is 2.69. The van der Waals surface area contributed by atoms with E-state index in [0.29, 0.717) is 21.7 Å². The van der Waals surface area contributed by atoms with Crippen molar-refractivity contribution in [3.63, 3.8) is 0 Å². The van der Waals surface area contributed by atoms with Gasteiger partial charge >= 0.3 is 0 Å². The van der Waals surface area contributed by atoms with E-state index >= 15 is 0 Å². The van der Waals surface area contributed by atoms with Gasteiger partial charge in [-0.3, -0.25) is 9.59 Å². The first-order valence-electron chi connectivity index (χ1n) is 9.70. The molecule has 1 heterocycles. The predicted molar refractivity (Wildman–Crippen MR) is 108 cm³/mol. The number of rotatable bonds is 6. The lowest BCUT2D eigenvalue weighted by Gasteiger charge is -2.70. The largest absolute Gasteiger partial charge is 0.484 e. The van der Waals surface area contributed by atoms with Gasteiger partial charge in [0.1, 0.15) is 5.75 Å². The maximum atomic E-state index is 12.5. The molecule has 3 aliphatic carbocycles. The molecule has 0 aromatic heterocycles. The molecule has 2 atom stereocenters. The summed E-state index contributed by atoms with van der Waals surface area (Å²) in [5, 5.41) is 10.4. The normalized spacial score (nSPS) is 33.2. The van der Waals surface area contributed by atoms with E-state index in [1.165, 1.54) is 0 Å². The molecule has 2 unspecified atom stereocenters. The molecule has 152 valence electrons. The van der Waals surface area contributed by atoms with Gasteiger partial charge in [-0.15, -0.1) is 0 Å². The molecule has 1 aromatic carbocycles. The molecule has 4 fully saturated rings. The zero-order valence-corrected chi connectivity index (χ0v) is 17.3. The summed E-state index contributed by atoms with van der Waals surface area (Å²) in [7, 11) is 0. The van der Waals surface area contributed by atoms with E-state index in [9.17, 15) is 9.59 Å². The maximum Gasteiger partial charge on any atom is 0.258 e. The summed E-state index contributed by atoms with van der Waals surface area (Å²) in [6.07, 6.45) is 3.31. The van der Waals surface area contributed by atoms with E-state index in [4.69, 9.17) is 27.9 Å². The minimum absolute atomic E-state index is 0.0444. The molecule has 0 radical (unpaired) electrons. The summed E-state index contributed by atoms with van der Waals surface area (Å²) in [4.78, 5) is 24.8. The highest BCUT2D eigenvalue weighted by Crippen LogP contribution is 2.60. The van der Waals surface area contributed by atoms with E-state index in [1.807, 2.05) is 0 Å². The third-order valence-electron chi connectivity index (χ3n) is 6.03. The summed E-state index contributed by atoms with van der Waals surface area (Å²) in [5.41, 5.74) is -0.320. The molecule has 1 saturated heterocycles. The molecule has 3 N–H and O–H groups in total. The van der Waals surface area contributed by atoms with Crippen molar-refractivity contribution in [1.29, 1.82) is 0 Å². The summed E-state index contributed by atoms with van der Waals surface area (Å²) < 4.78 is 5.48. The molecule has 1 aliphatic heterocycles. The van der Waals surface area contributed by atoms with Crippen molar-refractivity contribution in [3.8, 4) is 5.75 Å². The molecular formula is C20H25Cl2N3O3. The quantitative estimate of drug-likeness (QED) is 0.653. The third kappa shape index (κ3) is 3.95. The van der Waals surface area contributed by atoms with Crippen molar-refractivity contribution in [2.75, 3.05) is 19.7 Å². The van der Waals surface area contributed by atoms with Gasteiger partial charge < -0.3 is 20.7 Å². The van der Waals surface area contributed by atoms with Gasteiger partial charge in [0.05, 0.1) is 16.0 Å². The van der Waals surface area contributed by atoms with Gasteiger partial charge in [0, 0.05) is 23.7 Å². The summed E-state index contributed by atoms with van der Waals surface area (Å²) >= 11 is 11.8. The van der Waals surface area contributed by atoms with Gasteiger partial charge in [0.25, 0.3) is 5.91 Å². The molecular weight excluding hydrogens is 401 g/mol. The number of piperidine rings is 1. The predicted octanol–water partition coefficient (Wildman–Crippen LogP) is 2.53. The van der Waals surface area contributed by atoms with Crippen LogP contribution in [0.15, 0.2) is 18.2 Å². The Labute approximate surface area is 174 Å². The Hall–Kier alpha value is -1.50. The first-order chi connectivity index (χ1) is 13.3. The molecule has 2 amide bonds. The van der Waals surface area contributed by atoms with Crippen LogP contribution in [0.2, 0.25) is 10.0 Å². The summed E-state index contributed by atoms with van der Waals surface area (Å²) in [5.74, 6) is 1.04. The summed E-state index contributed by atoms with van der Waals surface area (Å²) in [6.45, 7) is 3.82. The van der Waals surface area contributed by atoms with E-state index < -0.39 is 0 Å². The van der Waals surface area contributed by atoms with Crippen molar-refractivity contribution < 1.29 is 14.3 Å². The number of nitrogens with one attached hydrogen (secondary N) is 3. The van der Waals surface area contributed by atoms with Crippen LogP contribution in [0.4, 0.5) is 0 Å². The van der Waals surface area contributed by atoms with E-state index in [-0.39, 0.29) is 35.4 Å². The van der Waals surface area contributed by atoms with Gasteiger partial charge in [0.2, 0.25) is 5.91 Å². The van der Waals surface area contributed by atoms with Gasteiger partial charge in [-0.05, 0) is 50.3 Å². The van der Waals surface area contributed by atoms with E-state index in [2.05, 4.69) is 22.9 Å². The fourth-order valence-corrected chi connectivity index (χ4v) is 5.11. The monoisotopic (exact) mass is 425 g/mol. The minimum atomic E-state index is -0.191. The number of halogens is 2. The molecule has 5 rings (SSSR count). The van der Waals surface area contributed by atoms with Crippen molar-refractivity contribution in [1.82, 2.24) is 16.0 Å². The molecule has 2 bridgehead atoms. The van der Waals surface area contributed by atoms with Crippen LogP contribution in [0.1, 0.15) is 32.6 Å². The second kappa shape index (κ2) is 7.39. The number of carbonyl (C=O) groups excluding carboxylic acids is 2.